The van der Waals surface area contributed by atoms with Crippen molar-refractivity contribution in [3.05, 3.63) is 47.3 Å². The van der Waals surface area contributed by atoms with Crippen molar-refractivity contribution >= 4 is 5.69 Å². The van der Waals surface area contributed by atoms with Crippen LogP contribution in [0.25, 0.3) is 0 Å². The van der Waals surface area contributed by atoms with E-state index in [-0.39, 0.29) is 0 Å². The summed E-state index contributed by atoms with van der Waals surface area (Å²) in [7, 11) is 0. The molecule has 0 unspecified atom stereocenters. The van der Waals surface area contributed by atoms with Gasteiger partial charge in [0.15, 0.2) is 0 Å². The van der Waals surface area contributed by atoms with Gasteiger partial charge in [-0.25, -0.2) is 0 Å². The van der Waals surface area contributed by atoms with E-state index in [1.807, 2.05) is 13.0 Å². The number of anilines is 1. The smallest absolute Gasteiger partial charge is 0.133 e. The van der Waals surface area contributed by atoms with Gasteiger partial charge < -0.3 is 14.7 Å². The maximum Gasteiger partial charge on any atom is 0.133 e. The normalized spacial score (nSPS) is 15.3. The summed E-state index contributed by atoms with van der Waals surface area (Å²) in [5.41, 5.74) is 3.63. The second-order valence-corrected chi connectivity index (χ2v) is 4.66. The van der Waals surface area contributed by atoms with Gasteiger partial charge in [0.05, 0.1) is 6.54 Å². The molecule has 0 atom stereocenters. The number of nitrogens with zero attached hydrogens (tertiary/aromatic N) is 2. The molecule has 1 aromatic carbocycles. The van der Waals surface area contributed by atoms with Gasteiger partial charge in [-0.2, -0.15) is 0 Å². The van der Waals surface area contributed by atoms with E-state index in [2.05, 4.69) is 39.6 Å². The number of aryl methyl sites for hydroxylation is 1. The Bertz CT molecular complexity index is 535. The van der Waals surface area contributed by atoms with Gasteiger partial charge in [0.25, 0.3) is 0 Å². The van der Waals surface area contributed by atoms with Crippen molar-refractivity contribution in [1.29, 1.82) is 0 Å². The monoisotopic (exact) mass is 243 g/mol. The van der Waals surface area contributed by atoms with Crippen molar-refractivity contribution in [1.82, 2.24) is 10.5 Å². The van der Waals surface area contributed by atoms with E-state index in [9.17, 15) is 0 Å². The second-order valence-electron chi connectivity index (χ2n) is 4.66. The molecular formula is C14H17N3O. The van der Waals surface area contributed by atoms with Crippen molar-refractivity contribution < 1.29 is 4.52 Å². The fourth-order valence-electron chi connectivity index (χ4n) is 2.38. The van der Waals surface area contributed by atoms with Crippen LogP contribution in [0.1, 0.15) is 17.0 Å². The van der Waals surface area contributed by atoms with Crippen LogP contribution in [0.15, 0.2) is 34.9 Å². The van der Waals surface area contributed by atoms with E-state index < -0.39 is 0 Å². The summed E-state index contributed by atoms with van der Waals surface area (Å²) in [5.74, 6) is 0.867. The molecule has 0 saturated carbocycles. The fourth-order valence-corrected chi connectivity index (χ4v) is 2.38. The molecule has 0 amide bonds. The van der Waals surface area contributed by atoms with Crippen molar-refractivity contribution in [3.8, 4) is 0 Å². The molecule has 0 fully saturated rings. The highest BCUT2D eigenvalue weighted by Crippen LogP contribution is 2.23. The topological polar surface area (TPSA) is 41.3 Å². The number of fused-ring (bicyclic) bond motifs is 1. The molecule has 0 radical (unpaired) electrons. The van der Waals surface area contributed by atoms with Gasteiger partial charge in [-0.1, -0.05) is 23.4 Å². The van der Waals surface area contributed by atoms with Crippen LogP contribution in [0.4, 0.5) is 5.69 Å². The summed E-state index contributed by atoms with van der Waals surface area (Å²) >= 11 is 0. The van der Waals surface area contributed by atoms with Crippen LogP contribution in [0.5, 0.6) is 0 Å². The van der Waals surface area contributed by atoms with Crippen molar-refractivity contribution in [2.45, 2.75) is 20.0 Å². The van der Waals surface area contributed by atoms with Crippen LogP contribution in [0.3, 0.4) is 0 Å². The minimum absolute atomic E-state index is 0.802. The van der Waals surface area contributed by atoms with Gasteiger partial charge in [0.2, 0.25) is 0 Å². The van der Waals surface area contributed by atoms with Crippen LogP contribution in [-0.2, 0) is 13.1 Å². The lowest BCUT2D eigenvalue weighted by molar-refractivity contribution is 0.390. The average Bonchev–Trinajstić information content (AvgIpc) is 2.68. The molecular weight excluding hydrogens is 226 g/mol. The largest absolute Gasteiger partial charge is 0.364 e. The first-order valence-corrected chi connectivity index (χ1v) is 6.29. The highest BCUT2D eigenvalue weighted by Gasteiger charge is 2.15. The lowest BCUT2D eigenvalue weighted by Gasteiger charge is -2.23. The number of hydrogen-bond donors (Lipinski definition) is 1. The highest BCUT2D eigenvalue weighted by atomic mass is 16.5. The molecule has 1 aromatic heterocycles. The Kier molecular flexibility index (Phi) is 3.02. The predicted molar refractivity (Wildman–Crippen MR) is 70.4 cm³/mol. The van der Waals surface area contributed by atoms with Gasteiger partial charge in [0.1, 0.15) is 11.5 Å². The second kappa shape index (κ2) is 4.82. The zero-order valence-electron chi connectivity index (χ0n) is 10.5. The molecule has 2 aromatic rings. The molecule has 2 heterocycles. The summed E-state index contributed by atoms with van der Waals surface area (Å²) in [4.78, 5) is 2.35. The number of hydrogen-bond acceptors (Lipinski definition) is 4. The summed E-state index contributed by atoms with van der Waals surface area (Å²) in [6, 6.07) is 10.5. The Morgan fingerprint density at radius 1 is 1.39 bits per heavy atom. The van der Waals surface area contributed by atoms with Gasteiger partial charge in [-0.15, -0.1) is 0 Å². The Balaban J connectivity index is 1.87. The van der Waals surface area contributed by atoms with Crippen LogP contribution in [-0.4, -0.2) is 18.2 Å². The third-order valence-electron chi connectivity index (χ3n) is 3.24. The van der Waals surface area contributed by atoms with Gasteiger partial charge in [0, 0.05) is 31.4 Å². The summed E-state index contributed by atoms with van der Waals surface area (Å²) in [5, 5.41) is 7.52. The average molecular weight is 243 g/mol. The predicted octanol–water partition coefficient (Wildman–Crippen LogP) is 2.09. The third kappa shape index (κ3) is 2.24. The summed E-state index contributed by atoms with van der Waals surface area (Å²) in [6.07, 6.45) is 0. The Morgan fingerprint density at radius 2 is 2.28 bits per heavy atom. The molecule has 4 nitrogen and oxygen atoms in total. The van der Waals surface area contributed by atoms with Gasteiger partial charge in [-0.05, 0) is 18.6 Å². The van der Waals surface area contributed by atoms with E-state index in [1.54, 1.807) is 0 Å². The van der Waals surface area contributed by atoms with Crippen LogP contribution >= 0.6 is 0 Å². The van der Waals surface area contributed by atoms with Crippen LogP contribution < -0.4 is 10.2 Å². The lowest BCUT2D eigenvalue weighted by Crippen LogP contribution is -2.28. The molecule has 0 bridgehead atoms. The summed E-state index contributed by atoms with van der Waals surface area (Å²) < 4.78 is 5.13. The van der Waals surface area contributed by atoms with Crippen LogP contribution in [0, 0.1) is 6.92 Å². The molecule has 4 heteroatoms. The minimum Gasteiger partial charge on any atom is -0.364 e. The van der Waals surface area contributed by atoms with Crippen molar-refractivity contribution in [2.75, 3.05) is 18.0 Å². The lowest BCUT2D eigenvalue weighted by atomic mass is 10.1. The first kappa shape index (κ1) is 11.3. The first-order valence-electron chi connectivity index (χ1n) is 6.29. The summed E-state index contributed by atoms with van der Waals surface area (Å²) in [6.45, 7) is 5.64. The Hall–Kier alpha value is -1.81. The maximum absolute atomic E-state index is 5.13. The van der Waals surface area contributed by atoms with Crippen molar-refractivity contribution in [2.24, 2.45) is 0 Å². The molecule has 94 valence electrons. The molecule has 0 spiro atoms. The highest BCUT2D eigenvalue weighted by molar-refractivity contribution is 5.54. The van der Waals surface area contributed by atoms with Gasteiger partial charge >= 0.3 is 0 Å². The van der Waals surface area contributed by atoms with E-state index in [1.165, 1.54) is 11.3 Å². The first-order chi connectivity index (χ1) is 8.83. The van der Waals surface area contributed by atoms with E-state index in [0.717, 1.165) is 37.6 Å². The molecule has 1 aliphatic rings. The van der Waals surface area contributed by atoms with Gasteiger partial charge in [-0.3, -0.25) is 0 Å². The minimum atomic E-state index is 0.802. The molecule has 3 rings (SSSR count). The molecule has 0 aliphatic carbocycles. The fraction of sp³-hybridized carbons (Fsp3) is 0.357. The Labute approximate surface area is 107 Å². The standard InChI is InChI=1S/C14H17N3O/c1-11-8-13(16-18-11)10-17-7-6-15-9-12-4-2-3-5-14(12)17/h2-5,8,15H,6-7,9-10H2,1H3. The zero-order chi connectivity index (χ0) is 12.4. The number of para-hydroxylation sites is 1. The number of nitrogens with one attached hydrogen (secondary N) is 1. The quantitative estimate of drug-likeness (QED) is 0.877. The number of aromatic nitrogens is 1. The number of rotatable bonds is 2. The molecule has 0 saturated heterocycles. The van der Waals surface area contributed by atoms with Crippen LogP contribution in [0.2, 0.25) is 0 Å². The van der Waals surface area contributed by atoms with E-state index in [4.69, 9.17) is 4.52 Å². The Morgan fingerprint density at radius 3 is 3.11 bits per heavy atom. The maximum atomic E-state index is 5.13. The molecule has 18 heavy (non-hydrogen) atoms. The number of benzene rings is 1. The van der Waals surface area contributed by atoms with Crippen molar-refractivity contribution in [3.63, 3.8) is 0 Å². The molecule has 1 N–H and O–H groups in total. The molecule has 1 aliphatic heterocycles. The third-order valence-corrected chi connectivity index (χ3v) is 3.24. The van der Waals surface area contributed by atoms with E-state index >= 15 is 0 Å². The van der Waals surface area contributed by atoms with E-state index in [0.29, 0.717) is 0 Å². The SMILES string of the molecule is Cc1cc(CN2CCNCc3ccccc32)no1. The zero-order valence-corrected chi connectivity index (χ0v) is 10.5.